The number of hydrogen-bond donors (Lipinski definition) is 1. The van der Waals surface area contributed by atoms with Crippen LogP contribution in [0.25, 0.3) is 0 Å². The Labute approximate surface area is 114 Å². The van der Waals surface area contributed by atoms with Gasteiger partial charge in [0, 0.05) is 18.9 Å². The van der Waals surface area contributed by atoms with Crippen LogP contribution in [0, 0.1) is 0 Å². The third kappa shape index (κ3) is 3.80. The van der Waals surface area contributed by atoms with Crippen molar-refractivity contribution in [1.29, 1.82) is 0 Å². The third-order valence-electron chi connectivity index (χ3n) is 3.10. The van der Waals surface area contributed by atoms with Crippen LogP contribution in [0.2, 0.25) is 0 Å². The Morgan fingerprint density at radius 3 is 2.79 bits per heavy atom. The van der Waals surface area contributed by atoms with E-state index in [9.17, 15) is 0 Å². The lowest BCUT2D eigenvalue weighted by Crippen LogP contribution is -2.13. The van der Waals surface area contributed by atoms with Gasteiger partial charge >= 0.3 is 0 Å². The highest BCUT2D eigenvalue weighted by Gasteiger charge is 2.05. The van der Waals surface area contributed by atoms with Gasteiger partial charge < -0.3 is 10.1 Å². The molecule has 2 rings (SSSR count). The molecule has 100 valence electrons. The molecule has 2 aromatic rings. The van der Waals surface area contributed by atoms with Crippen molar-refractivity contribution in [2.24, 2.45) is 0 Å². The maximum atomic E-state index is 5.30. The molecule has 0 saturated heterocycles. The summed E-state index contributed by atoms with van der Waals surface area (Å²) in [5, 5.41) is 3.37. The van der Waals surface area contributed by atoms with Gasteiger partial charge in [0.2, 0.25) is 0 Å². The average Bonchev–Trinajstić information content (AvgIpc) is 2.47. The molecule has 19 heavy (non-hydrogen) atoms. The van der Waals surface area contributed by atoms with E-state index in [1.54, 1.807) is 13.3 Å². The summed E-state index contributed by atoms with van der Waals surface area (Å²) in [6.07, 6.45) is 4.62. The summed E-state index contributed by atoms with van der Waals surface area (Å²) in [5.74, 6) is 0.905. The van der Waals surface area contributed by atoms with Gasteiger partial charge in [-0.25, -0.2) is 0 Å². The van der Waals surface area contributed by atoms with E-state index in [1.807, 2.05) is 18.3 Å². The number of ether oxygens (including phenoxy) is 1. The van der Waals surface area contributed by atoms with E-state index in [1.165, 1.54) is 16.7 Å². The molecule has 0 atom stereocenters. The van der Waals surface area contributed by atoms with Gasteiger partial charge in [-0.1, -0.05) is 19.1 Å². The Balaban J connectivity index is 2.22. The van der Waals surface area contributed by atoms with Crippen LogP contribution in [0.5, 0.6) is 5.75 Å². The lowest BCUT2D eigenvalue weighted by molar-refractivity contribution is 0.414. The van der Waals surface area contributed by atoms with Gasteiger partial charge in [0.05, 0.1) is 7.11 Å². The molecule has 0 bridgehead atoms. The number of rotatable bonds is 6. The first-order valence-electron chi connectivity index (χ1n) is 6.59. The molecule has 1 N–H and O–H groups in total. The molecule has 1 heterocycles. The Bertz CT molecular complexity index is 511. The molecule has 3 heteroatoms. The standard InChI is InChI=1S/C16H20N2O/c1-3-17-12-15-10-16(19-2)7-6-14(15)9-13-5-4-8-18-11-13/h4-8,10-11,17H,3,9,12H2,1-2H3. The van der Waals surface area contributed by atoms with Crippen LogP contribution in [0.3, 0.4) is 0 Å². The largest absolute Gasteiger partial charge is 0.497 e. The number of aromatic nitrogens is 1. The van der Waals surface area contributed by atoms with Gasteiger partial charge in [0.1, 0.15) is 5.75 Å². The van der Waals surface area contributed by atoms with Crippen LogP contribution in [0.15, 0.2) is 42.7 Å². The molecule has 0 unspecified atom stereocenters. The van der Waals surface area contributed by atoms with E-state index < -0.39 is 0 Å². The molecule has 3 nitrogen and oxygen atoms in total. The molecule has 0 amide bonds. The van der Waals surface area contributed by atoms with Crippen molar-refractivity contribution in [3.05, 3.63) is 59.4 Å². The molecule has 0 aliphatic heterocycles. The zero-order valence-electron chi connectivity index (χ0n) is 11.5. The van der Waals surface area contributed by atoms with Crippen molar-refractivity contribution in [3.8, 4) is 5.75 Å². The lowest BCUT2D eigenvalue weighted by atomic mass is 10.0. The topological polar surface area (TPSA) is 34.1 Å². The van der Waals surface area contributed by atoms with Gasteiger partial charge in [-0.05, 0) is 47.9 Å². The number of methoxy groups -OCH3 is 1. The van der Waals surface area contributed by atoms with E-state index in [2.05, 4.69) is 35.4 Å². The molecule has 0 aliphatic rings. The van der Waals surface area contributed by atoms with Gasteiger partial charge in [-0.2, -0.15) is 0 Å². The van der Waals surface area contributed by atoms with Crippen LogP contribution in [0.4, 0.5) is 0 Å². The predicted molar refractivity (Wildman–Crippen MR) is 77.4 cm³/mol. The van der Waals surface area contributed by atoms with E-state index in [4.69, 9.17) is 4.74 Å². The van der Waals surface area contributed by atoms with Gasteiger partial charge in [0.25, 0.3) is 0 Å². The summed E-state index contributed by atoms with van der Waals surface area (Å²) in [5.41, 5.74) is 3.82. The molecule has 0 radical (unpaired) electrons. The number of hydrogen-bond acceptors (Lipinski definition) is 3. The molecule has 0 aliphatic carbocycles. The van der Waals surface area contributed by atoms with Crippen molar-refractivity contribution in [2.45, 2.75) is 19.9 Å². The van der Waals surface area contributed by atoms with Crippen LogP contribution < -0.4 is 10.1 Å². The van der Waals surface area contributed by atoms with Crippen molar-refractivity contribution < 1.29 is 4.74 Å². The van der Waals surface area contributed by atoms with Crippen molar-refractivity contribution in [2.75, 3.05) is 13.7 Å². The summed E-state index contributed by atoms with van der Waals surface area (Å²) in [7, 11) is 1.70. The van der Waals surface area contributed by atoms with Gasteiger partial charge in [0.15, 0.2) is 0 Å². The Morgan fingerprint density at radius 1 is 1.21 bits per heavy atom. The molecule has 1 aromatic carbocycles. The summed E-state index contributed by atoms with van der Waals surface area (Å²) in [4.78, 5) is 4.17. The number of nitrogens with zero attached hydrogens (tertiary/aromatic N) is 1. The Hall–Kier alpha value is -1.87. The minimum absolute atomic E-state index is 0.864. The molecule has 1 aromatic heterocycles. The highest BCUT2D eigenvalue weighted by molar-refractivity contribution is 5.38. The molecule has 0 saturated carbocycles. The SMILES string of the molecule is CCNCc1cc(OC)ccc1Cc1cccnc1. The van der Waals surface area contributed by atoms with Crippen LogP contribution in [0.1, 0.15) is 23.6 Å². The minimum Gasteiger partial charge on any atom is -0.497 e. The average molecular weight is 256 g/mol. The molecular weight excluding hydrogens is 236 g/mol. The second-order valence-electron chi connectivity index (χ2n) is 4.45. The van der Waals surface area contributed by atoms with Gasteiger partial charge in [-0.15, -0.1) is 0 Å². The first kappa shape index (κ1) is 13.6. The number of nitrogens with one attached hydrogen (secondary N) is 1. The zero-order valence-corrected chi connectivity index (χ0v) is 11.5. The monoisotopic (exact) mass is 256 g/mol. The van der Waals surface area contributed by atoms with E-state index in [-0.39, 0.29) is 0 Å². The summed E-state index contributed by atoms with van der Waals surface area (Å²) in [6.45, 7) is 3.94. The fourth-order valence-electron chi connectivity index (χ4n) is 2.05. The van der Waals surface area contributed by atoms with E-state index in [0.29, 0.717) is 0 Å². The third-order valence-corrected chi connectivity index (χ3v) is 3.10. The smallest absolute Gasteiger partial charge is 0.119 e. The lowest BCUT2D eigenvalue weighted by Gasteiger charge is -2.12. The molecule has 0 fully saturated rings. The zero-order chi connectivity index (χ0) is 13.5. The summed E-state index contributed by atoms with van der Waals surface area (Å²) >= 11 is 0. The summed E-state index contributed by atoms with van der Waals surface area (Å²) in [6, 6.07) is 10.3. The van der Waals surface area contributed by atoms with E-state index >= 15 is 0 Å². The van der Waals surface area contributed by atoms with Gasteiger partial charge in [-0.3, -0.25) is 4.98 Å². The first-order chi connectivity index (χ1) is 9.33. The quantitative estimate of drug-likeness (QED) is 0.863. The first-order valence-corrected chi connectivity index (χ1v) is 6.59. The van der Waals surface area contributed by atoms with Crippen molar-refractivity contribution in [3.63, 3.8) is 0 Å². The number of benzene rings is 1. The van der Waals surface area contributed by atoms with Crippen molar-refractivity contribution >= 4 is 0 Å². The minimum atomic E-state index is 0.864. The van der Waals surface area contributed by atoms with Crippen LogP contribution >= 0.6 is 0 Å². The fraction of sp³-hybridized carbons (Fsp3) is 0.312. The highest BCUT2D eigenvalue weighted by Crippen LogP contribution is 2.20. The normalized spacial score (nSPS) is 10.4. The van der Waals surface area contributed by atoms with E-state index in [0.717, 1.165) is 25.3 Å². The Morgan fingerprint density at radius 2 is 2.11 bits per heavy atom. The highest BCUT2D eigenvalue weighted by atomic mass is 16.5. The Kier molecular flexibility index (Phi) is 4.93. The second-order valence-corrected chi connectivity index (χ2v) is 4.45. The summed E-state index contributed by atoms with van der Waals surface area (Å²) < 4.78 is 5.30. The molecule has 0 spiro atoms. The second kappa shape index (κ2) is 6.90. The van der Waals surface area contributed by atoms with Crippen LogP contribution in [-0.4, -0.2) is 18.6 Å². The maximum absolute atomic E-state index is 5.30. The predicted octanol–water partition coefficient (Wildman–Crippen LogP) is 2.79. The van der Waals surface area contributed by atoms with Crippen LogP contribution in [-0.2, 0) is 13.0 Å². The maximum Gasteiger partial charge on any atom is 0.119 e. The number of pyridine rings is 1. The van der Waals surface area contributed by atoms with Crippen molar-refractivity contribution in [1.82, 2.24) is 10.3 Å². The fourth-order valence-corrected chi connectivity index (χ4v) is 2.05. The molecular formula is C16H20N2O.